The number of para-hydroxylation sites is 1. The normalized spacial score (nSPS) is 12.9. The van der Waals surface area contributed by atoms with E-state index in [1.54, 1.807) is 60.8 Å². The highest BCUT2D eigenvalue weighted by atomic mass is 32.2. The predicted octanol–water partition coefficient (Wildman–Crippen LogP) is 3.47. The van der Waals surface area contributed by atoms with Crippen LogP contribution < -0.4 is 21.1 Å². The van der Waals surface area contributed by atoms with Crippen LogP contribution in [0.15, 0.2) is 85.1 Å². The number of carbonyl (C=O) groups excluding carboxylic acids is 2. The van der Waals surface area contributed by atoms with Crippen molar-refractivity contribution in [2.45, 2.75) is 57.0 Å². The van der Waals surface area contributed by atoms with Gasteiger partial charge in [-0.25, -0.2) is 13.1 Å². The van der Waals surface area contributed by atoms with Gasteiger partial charge in [0.1, 0.15) is 17.9 Å². The number of hydrogen-bond donors (Lipinski definition) is 6. The van der Waals surface area contributed by atoms with Gasteiger partial charge in [0.15, 0.2) is 0 Å². The molecule has 2 amide bonds. The number of sulfonamides is 1. The van der Waals surface area contributed by atoms with Crippen molar-refractivity contribution in [1.82, 2.24) is 20.3 Å². The molecule has 0 spiro atoms. The topological polar surface area (TPSA) is 170 Å². The molecule has 0 bridgehead atoms. The maximum absolute atomic E-state index is 13.7. The van der Waals surface area contributed by atoms with E-state index < -0.39 is 28.0 Å². The number of aromatic amines is 1. The van der Waals surface area contributed by atoms with Crippen molar-refractivity contribution in [1.29, 1.82) is 5.41 Å². The summed E-state index contributed by atoms with van der Waals surface area (Å²) in [6.07, 6.45) is 3.77. The molecule has 43 heavy (non-hydrogen) atoms. The number of H-pyrrole nitrogens is 1. The molecule has 0 aliphatic rings. The van der Waals surface area contributed by atoms with Gasteiger partial charge in [0.25, 0.3) is 0 Å². The van der Waals surface area contributed by atoms with E-state index in [-0.39, 0.29) is 30.5 Å². The summed E-state index contributed by atoms with van der Waals surface area (Å²) < 4.78 is 29.1. The van der Waals surface area contributed by atoms with Crippen LogP contribution in [0.2, 0.25) is 0 Å². The minimum absolute atomic E-state index is 0.0421. The summed E-state index contributed by atoms with van der Waals surface area (Å²) in [6.45, 7) is 2.21. The molecule has 0 saturated heterocycles. The lowest BCUT2D eigenvalue weighted by molar-refractivity contribution is -0.130. The highest BCUT2D eigenvalue weighted by molar-refractivity contribution is 7.88. The quantitative estimate of drug-likeness (QED) is 0.0903. The molecule has 0 aliphatic heterocycles. The number of amidine groups is 1. The smallest absolute Gasteiger partial charge is 0.242 e. The Balaban J connectivity index is 1.52. The van der Waals surface area contributed by atoms with Crippen molar-refractivity contribution in [2.75, 3.05) is 0 Å². The van der Waals surface area contributed by atoms with Crippen molar-refractivity contribution in [3.05, 3.63) is 107 Å². The van der Waals surface area contributed by atoms with Crippen LogP contribution in [-0.4, -0.2) is 43.1 Å². The number of unbranched alkanes of at least 4 members (excludes halogenated alkanes) is 1. The van der Waals surface area contributed by atoms with Crippen molar-refractivity contribution in [3.8, 4) is 0 Å². The first-order valence-corrected chi connectivity index (χ1v) is 15.9. The largest absolute Gasteiger partial charge is 0.384 e. The van der Waals surface area contributed by atoms with E-state index >= 15 is 0 Å². The summed E-state index contributed by atoms with van der Waals surface area (Å²) in [6, 6.07) is 21.3. The number of aromatic nitrogens is 1. The molecule has 10 nitrogen and oxygen atoms in total. The first-order valence-electron chi connectivity index (χ1n) is 14.3. The lowest BCUT2D eigenvalue weighted by Gasteiger charge is -2.23. The van der Waals surface area contributed by atoms with Crippen LogP contribution >= 0.6 is 0 Å². The van der Waals surface area contributed by atoms with Gasteiger partial charge in [-0.15, -0.1) is 0 Å². The van der Waals surface area contributed by atoms with Crippen molar-refractivity contribution < 1.29 is 18.0 Å². The zero-order valence-corrected chi connectivity index (χ0v) is 24.9. The number of nitrogen functional groups attached to an aromatic ring is 1. The molecule has 4 rings (SSSR count). The van der Waals surface area contributed by atoms with Gasteiger partial charge in [-0.1, -0.05) is 92.6 Å². The van der Waals surface area contributed by atoms with Crippen LogP contribution in [0.5, 0.6) is 0 Å². The van der Waals surface area contributed by atoms with Crippen LogP contribution in [-0.2, 0) is 38.3 Å². The van der Waals surface area contributed by atoms with Gasteiger partial charge in [0.2, 0.25) is 21.8 Å². The average molecular weight is 603 g/mol. The zero-order valence-electron chi connectivity index (χ0n) is 24.1. The third kappa shape index (κ3) is 9.00. The summed E-state index contributed by atoms with van der Waals surface area (Å²) >= 11 is 0. The Morgan fingerprint density at radius 2 is 1.60 bits per heavy atom. The van der Waals surface area contributed by atoms with E-state index in [9.17, 15) is 18.0 Å². The molecule has 0 aliphatic carbocycles. The Labute approximate surface area is 252 Å². The summed E-state index contributed by atoms with van der Waals surface area (Å²) in [5, 5.41) is 14.1. The lowest BCUT2D eigenvalue weighted by Crippen LogP contribution is -2.54. The van der Waals surface area contributed by atoms with Crippen LogP contribution in [0.1, 0.15) is 48.4 Å². The molecule has 7 N–H and O–H groups in total. The number of nitrogens with two attached hydrogens (primary N) is 1. The molecule has 3 aromatic carbocycles. The SMILES string of the molecule is CCCC[C@H](NC(=O)[C@@H](Cc1c[nH]c2ccccc12)NS(=O)(=O)Cc1ccccc1)C(=O)NCc1ccc(C(=N)N)cc1. The number of amides is 2. The third-order valence-corrected chi connectivity index (χ3v) is 8.50. The van der Waals surface area contributed by atoms with Gasteiger partial charge in [-0.05, 0) is 35.6 Å². The van der Waals surface area contributed by atoms with Crippen LogP contribution in [0.25, 0.3) is 10.9 Å². The Kier molecular flexibility index (Phi) is 10.7. The minimum atomic E-state index is -3.91. The Bertz CT molecular complexity index is 1650. The number of carbonyl (C=O) groups is 2. The second-order valence-electron chi connectivity index (χ2n) is 10.5. The number of nitrogens with one attached hydrogen (secondary N) is 5. The van der Waals surface area contributed by atoms with E-state index in [1.165, 1.54) is 0 Å². The average Bonchev–Trinajstić information content (AvgIpc) is 3.40. The van der Waals surface area contributed by atoms with Crippen molar-refractivity contribution >= 4 is 38.6 Å². The van der Waals surface area contributed by atoms with Gasteiger partial charge in [-0.3, -0.25) is 15.0 Å². The molecular weight excluding hydrogens is 564 g/mol. The second kappa shape index (κ2) is 14.6. The molecule has 0 fully saturated rings. The van der Waals surface area contributed by atoms with Crippen molar-refractivity contribution in [2.24, 2.45) is 5.73 Å². The van der Waals surface area contributed by atoms with Gasteiger partial charge in [0, 0.05) is 29.2 Å². The molecule has 2 atom stereocenters. The zero-order chi connectivity index (χ0) is 30.8. The fourth-order valence-corrected chi connectivity index (χ4v) is 6.16. The fourth-order valence-electron chi connectivity index (χ4n) is 4.82. The molecule has 226 valence electrons. The van der Waals surface area contributed by atoms with Gasteiger partial charge in [0.05, 0.1) is 5.75 Å². The standard InChI is InChI=1S/C32H38N6O4S/c1-2-3-12-28(31(39)36-19-22-14-16-24(17-15-22)30(33)34)37-32(40)29(18-25-20-35-27-13-8-7-11-26(25)27)38-43(41,42)21-23-9-5-4-6-10-23/h4-11,13-17,20,28-29,35,38H,2-3,12,18-19,21H2,1H3,(H3,33,34)(H,36,39)(H,37,40)/t28-,29+/m0/s1. The number of rotatable bonds is 15. The van der Waals surface area contributed by atoms with Crippen LogP contribution in [0.3, 0.4) is 0 Å². The number of benzene rings is 3. The van der Waals surface area contributed by atoms with Crippen LogP contribution in [0, 0.1) is 5.41 Å². The summed E-state index contributed by atoms with van der Waals surface area (Å²) in [5.41, 5.74) is 9.16. The second-order valence-corrected chi connectivity index (χ2v) is 12.3. The predicted molar refractivity (Wildman–Crippen MR) is 169 cm³/mol. The molecule has 0 radical (unpaired) electrons. The maximum Gasteiger partial charge on any atom is 0.242 e. The Morgan fingerprint density at radius 3 is 2.30 bits per heavy atom. The summed E-state index contributed by atoms with van der Waals surface area (Å²) in [7, 11) is -3.91. The fraction of sp³-hybridized carbons (Fsp3) is 0.281. The van der Waals surface area contributed by atoms with E-state index in [2.05, 4.69) is 20.3 Å². The summed E-state index contributed by atoms with van der Waals surface area (Å²) in [4.78, 5) is 30.2. The number of hydrogen-bond acceptors (Lipinski definition) is 5. The van der Waals surface area contributed by atoms with Gasteiger partial charge < -0.3 is 21.4 Å². The maximum atomic E-state index is 13.7. The Hall–Kier alpha value is -4.48. The molecule has 1 heterocycles. The van der Waals surface area contributed by atoms with E-state index in [4.69, 9.17) is 11.1 Å². The lowest BCUT2D eigenvalue weighted by atomic mass is 10.0. The molecule has 0 unspecified atom stereocenters. The molecular formula is C32H38N6O4S. The first-order chi connectivity index (χ1) is 20.6. The number of fused-ring (bicyclic) bond motifs is 1. The monoisotopic (exact) mass is 602 g/mol. The van der Waals surface area contributed by atoms with Crippen LogP contribution in [0.4, 0.5) is 0 Å². The highest BCUT2D eigenvalue weighted by Crippen LogP contribution is 2.20. The molecule has 0 saturated carbocycles. The third-order valence-electron chi connectivity index (χ3n) is 7.15. The van der Waals surface area contributed by atoms with Crippen molar-refractivity contribution in [3.63, 3.8) is 0 Å². The van der Waals surface area contributed by atoms with E-state index in [0.717, 1.165) is 28.5 Å². The minimum Gasteiger partial charge on any atom is -0.384 e. The molecule has 11 heteroatoms. The van der Waals surface area contributed by atoms with E-state index in [1.807, 2.05) is 31.2 Å². The van der Waals surface area contributed by atoms with Gasteiger partial charge >= 0.3 is 0 Å². The summed E-state index contributed by atoms with van der Waals surface area (Å²) in [5.74, 6) is -1.27. The van der Waals surface area contributed by atoms with Gasteiger partial charge in [-0.2, -0.15) is 0 Å². The molecule has 4 aromatic rings. The van der Waals surface area contributed by atoms with E-state index in [0.29, 0.717) is 24.0 Å². The molecule has 1 aromatic heterocycles. The highest BCUT2D eigenvalue weighted by Gasteiger charge is 2.29. The Morgan fingerprint density at radius 1 is 0.907 bits per heavy atom. The first kappa shape index (κ1) is 31.5.